The van der Waals surface area contributed by atoms with E-state index >= 15 is 0 Å². The van der Waals surface area contributed by atoms with Gasteiger partial charge in [0, 0.05) is 11.5 Å². The van der Waals surface area contributed by atoms with Crippen LogP contribution in [0.3, 0.4) is 0 Å². The number of para-hydroxylation sites is 1. The molecule has 1 fully saturated rings. The molecule has 1 unspecified atom stereocenters. The van der Waals surface area contributed by atoms with E-state index in [1.54, 1.807) is 68.4 Å². The number of imide groups is 1. The van der Waals surface area contributed by atoms with Crippen molar-refractivity contribution in [2.75, 3.05) is 4.90 Å². The molecule has 0 bridgehead atoms. The van der Waals surface area contributed by atoms with E-state index in [4.69, 9.17) is 4.74 Å². The van der Waals surface area contributed by atoms with Crippen molar-refractivity contribution >= 4 is 29.3 Å². The van der Waals surface area contributed by atoms with E-state index in [1.807, 2.05) is 30.3 Å². The van der Waals surface area contributed by atoms with E-state index in [2.05, 4.69) is 5.43 Å². The predicted molar refractivity (Wildman–Crippen MR) is 129 cm³/mol. The van der Waals surface area contributed by atoms with Crippen LogP contribution in [0, 0.1) is 5.92 Å². The number of anilines is 1. The molecule has 1 atom stereocenters. The summed E-state index contributed by atoms with van der Waals surface area (Å²) in [5.74, 6) is -1.36. The zero-order valence-electron chi connectivity index (χ0n) is 19.4. The molecule has 3 aromatic rings. The first kappa shape index (κ1) is 23.7. The van der Waals surface area contributed by atoms with Crippen molar-refractivity contribution in [2.24, 2.45) is 5.92 Å². The number of carbonyl (C=O) groups is 4. The lowest BCUT2D eigenvalue weighted by Gasteiger charge is -2.29. The molecule has 8 nitrogen and oxygen atoms in total. The van der Waals surface area contributed by atoms with Gasteiger partial charge in [0.05, 0.1) is 12.1 Å². The number of hydrogen-bond acceptors (Lipinski definition) is 5. The molecule has 35 heavy (non-hydrogen) atoms. The molecule has 0 aliphatic carbocycles. The van der Waals surface area contributed by atoms with Gasteiger partial charge in [0.1, 0.15) is 17.5 Å². The molecule has 4 amide bonds. The molecule has 8 heteroatoms. The Balaban J connectivity index is 1.54. The predicted octanol–water partition coefficient (Wildman–Crippen LogP) is 3.94. The van der Waals surface area contributed by atoms with E-state index in [9.17, 15) is 19.2 Å². The van der Waals surface area contributed by atoms with Gasteiger partial charge in [-0.1, -0.05) is 50.2 Å². The SMILES string of the molecule is CC(C)C(=O)N(NC(=O)c1ccccc1)C1CC(=O)N(c2ccc(Oc3ccccc3)cc2)C1=O. The smallest absolute Gasteiger partial charge is 0.269 e. The van der Waals surface area contributed by atoms with Gasteiger partial charge in [-0.3, -0.25) is 24.6 Å². The fourth-order valence-electron chi connectivity index (χ4n) is 3.71. The minimum Gasteiger partial charge on any atom is -0.457 e. The van der Waals surface area contributed by atoms with Crippen LogP contribution in [0.5, 0.6) is 11.5 Å². The molecular weight excluding hydrogens is 446 g/mol. The van der Waals surface area contributed by atoms with E-state index in [1.165, 1.54) is 0 Å². The summed E-state index contributed by atoms with van der Waals surface area (Å²) in [6.07, 6.45) is -0.241. The lowest BCUT2D eigenvalue weighted by Crippen LogP contribution is -2.55. The summed E-state index contributed by atoms with van der Waals surface area (Å²) in [4.78, 5) is 52.8. The number of amides is 4. The molecule has 178 valence electrons. The number of hydrogen-bond donors (Lipinski definition) is 1. The highest BCUT2D eigenvalue weighted by Crippen LogP contribution is 2.29. The van der Waals surface area contributed by atoms with Crippen LogP contribution in [0.2, 0.25) is 0 Å². The number of nitrogens with one attached hydrogen (secondary N) is 1. The van der Waals surface area contributed by atoms with Crippen LogP contribution in [0.4, 0.5) is 5.69 Å². The van der Waals surface area contributed by atoms with Crippen molar-refractivity contribution in [1.82, 2.24) is 10.4 Å². The number of hydrazine groups is 1. The average Bonchev–Trinajstić information content (AvgIpc) is 3.17. The van der Waals surface area contributed by atoms with Gasteiger partial charge >= 0.3 is 0 Å². The lowest BCUT2D eigenvalue weighted by atomic mass is 10.1. The summed E-state index contributed by atoms with van der Waals surface area (Å²) in [6.45, 7) is 3.32. The minimum atomic E-state index is -1.15. The van der Waals surface area contributed by atoms with Crippen molar-refractivity contribution in [1.29, 1.82) is 0 Å². The lowest BCUT2D eigenvalue weighted by molar-refractivity contribution is -0.143. The fraction of sp³-hybridized carbons (Fsp3) is 0.185. The van der Waals surface area contributed by atoms with Crippen molar-refractivity contribution < 1.29 is 23.9 Å². The Morgan fingerprint density at radius 1 is 0.886 bits per heavy atom. The molecular formula is C27H25N3O5. The first-order chi connectivity index (χ1) is 16.8. The van der Waals surface area contributed by atoms with Crippen LogP contribution in [0.1, 0.15) is 30.6 Å². The number of rotatable bonds is 6. The Bertz CT molecular complexity index is 1230. The van der Waals surface area contributed by atoms with Crippen molar-refractivity contribution in [2.45, 2.75) is 26.3 Å². The first-order valence-corrected chi connectivity index (χ1v) is 11.2. The summed E-state index contributed by atoms with van der Waals surface area (Å²) in [6, 6.07) is 22.9. The second-order valence-electron chi connectivity index (χ2n) is 8.37. The summed E-state index contributed by atoms with van der Waals surface area (Å²) >= 11 is 0. The summed E-state index contributed by atoms with van der Waals surface area (Å²) < 4.78 is 5.76. The monoisotopic (exact) mass is 471 g/mol. The van der Waals surface area contributed by atoms with Gasteiger partial charge < -0.3 is 4.74 Å². The average molecular weight is 472 g/mol. The van der Waals surface area contributed by atoms with Crippen LogP contribution in [-0.2, 0) is 14.4 Å². The van der Waals surface area contributed by atoms with Gasteiger partial charge in [-0.15, -0.1) is 0 Å². The highest BCUT2D eigenvalue weighted by molar-refractivity contribution is 6.23. The summed E-state index contributed by atoms with van der Waals surface area (Å²) in [5.41, 5.74) is 3.23. The molecule has 1 saturated heterocycles. The van der Waals surface area contributed by atoms with Crippen molar-refractivity contribution in [3.05, 3.63) is 90.5 Å². The fourth-order valence-corrected chi connectivity index (χ4v) is 3.71. The Morgan fingerprint density at radius 3 is 2.06 bits per heavy atom. The maximum atomic E-state index is 13.3. The molecule has 1 aliphatic heterocycles. The Kier molecular flexibility index (Phi) is 6.91. The quantitative estimate of drug-likeness (QED) is 0.434. The van der Waals surface area contributed by atoms with Crippen molar-refractivity contribution in [3.63, 3.8) is 0 Å². The third kappa shape index (κ3) is 5.22. The van der Waals surface area contributed by atoms with Gasteiger partial charge in [0.15, 0.2) is 0 Å². The number of carbonyl (C=O) groups excluding carboxylic acids is 4. The Morgan fingerprint density at radius 2 is 1.46 bits per heavy atom. The molecule has 0 spiro atoms. The second-order valence-corrected chi connectivity index (χ2v) is 8.37. The van der Waals surface area contributed by atoms with Gasteiger partial charge in [0.2, 0.25) is 11.8 Å². The van der Waals surface area contributed by atoms with Crippen molar-refractivity contribution in [3.8, 4) is 11.5 Å². The molecule has 4 rings (SSSR count). The van der Waals surface area contributed by atoms with Gasteiger partial charge in [-0.2, -0.15) is 0 Å². The Labute approximate surface area is 203 Å². The van der Waals surface area contributed by atoms with Crippen LogP contribution >= 0.6 is 0 Å². The van der Waals surface area contributed by atoms with E-state index in [0.717, 1.165) is 9.91 Å². The largest absolute Gasteiger partial charge is 0.457 e. The molecule has 1 heterocycles. The molecule has 0 saturated carbocycles. The van der Waals surface area contributed by atoms with Crippen LogP contribution in [0.25, 0.3) is 0 Å². The second kappa shape index (κ2) is 10.2. The molecule has 1 aliphatic rings. The van der Waals surface area contributed by atoms with Gasteiger partial charge in [0.25, 0.3) is 11.8 Å². The van der Waals surface area contributed by atoms with Gasteiger partial charge in [-0.05, 0) is 48.5 Å². The van der Waals surface area contributed by atoms with E-state index < -0.39 is 35.6 Å². The van der Waals surface area contributed by atoms with E-state index in [-0.39, 0.29) is 6.42 Å². The summed E-state index contributed by atoms with van der Waals surface area (Å²) in [5, 5.41) is 0.993. The third-order valence-corrected chi connectivity index (χ3v) is 5.50. The van der Waals surface area contributed by atoms with Crippen LogP contribution < -0.4 is 15.1 Å². The first-order valence-electron chi connectivity index (χ1n) is 11.2. The summed E-state index contributed by atoms with van der Waals surface area (Å²) in [7, 11) is 0. The Hall–Kier alpha value is -4.46. The molecule has 0 aromatic heterocycles. The maximum Gasteiger partial charge on any atom is 0.269 e. The number of nitrogens with zero attached hydrogens (tertiary/aromatic N) is 2. The topological polar surface area (TPSA) is 96.0 Å². The van der Waals surface area contributed by atoms with Crippen LogP contribution in [0.15, 0.2) is 84.9 Å². The molecule has 0 radical (unpaired) electrons. The highest BCUT2D eigenvalue weighted by Gasteiger charge is 2.45. The number of benzene rings is 3. The zero-order valence-corrected chi connectivity index (χ0v) is 19.4. The maximum absolute atomic E-state index is 13.3. The van der Waals surface area contributed by atoms with Crippen LogP contribution in [-0.4, -0.2) is 34.7 Å². The standard InChI is InChI=1S/C27H25N3O5/c1-18(2)26(33)30(28-25(32)19-9-5-3-6-10-19)23-17-24(31)29(27(23)34)20-13-15-22(16-14-20)35-21-11-7-4-8-12-21/h3-16,18,23H,17H2,1-2H3,(H,28,32). The normalized spacial score (nSPS) is 15.3. The van der Waals surface area contributed by atoms with E-state index in [0.29, 0.717) is 22.7 Å². The number of ether oxygens (including phenoxy) is 1. The zero-order chi connectivity index (χ0) is 24.9. The molecule has 1 N–H and O–H groups in total. The highest BCUT2D eigenvalue weighted by atomic mass is 16.5. The third-order valence-electron chi connectivity index (χ3n) is 5.50. The van der Waals surface area contributed by atoms with Gasteiger partial charge in [-0.25, -0.2) is 9.91 Å². The molecule has 3 aromatic carbocycles. The minimum absolute atomic E-state index is 0.241.